The molecule has 0 saturated heterocycles. The summed E-state index contributed by atoms with van der Waals surface area (Å²) in [5.41, 5.74) is 34.4. The number of rotatable bonds is 3. The fraction of sp³-hybridized carbons (Fsp3) is 0.417. The van der Waals surface area contributed by atoms with Gasteiger partial charge in [0.05, 0.1) is 33.4 Å². The third-order valence-electron chi connectivity index (χ3n) is 14.2. The van der Waals surface area contributed by atoms with Crippen LogP contribution in [0.15, 0.2) is 0 Å². The van der Waals surface area contributed by atoms with Crippen molar-refractivity contribution in [1.29, 1.82) is 0 Å². The summed E-state index contributed by atoms with van der Waals surface area (Å²) >= 11 is 0. The molecule has 1 aliphatic carbocycles. The maximum Gasteiger partial charge on any atom is 0.111 e. The van der Waals surface area contributed by atoms with E-state index in [0.717, 1.165) is 22.7 Å². The standard InChI is InChI=1S/C48H58N4/c1-20-21(2)27(8)40-33(14)41(32(13)39(40)26(20)7)42-34(15)45(51-37(18)49-43-28(9)22(3)24(5)30(11)47(43)51)36(17)46(35(42)16)52-38(19)50-44-29(10)23(4)25(6)31(12)48(44)52/h32H,1-19H3. The maximum atomic E-state index is 5.33. The molecule has 52 heavy (non-hydrogen) atoms. The lowest BCUT2D eigenvalue weighted by atomic mass is 9.82. The summed E-state index contributed by atoms with van der Waals surface area (Å²) in [6, 6.07) is 0. The second-order valence-corrected chi connectivity index (χ2v) is 16.4. The molecule has 4 nitrogen and oxygen atoms in total. The Kier molecular flexibility index (Phi) is 8.14. The van der Waals surface area contributed by atoms with Gasteiger partial charge >= 0.3 is 0 Å². The minimum atomic E-state index is 0.262. The van der Waals surface area contributed by atoms with Gasteiger partial charge in [-0.1, -0.05) is 6.92 Å². The number of aryl methyl sites for hydroxylation is 6. The zero-order chi connectivity index (χ0) is 38.3. The van der Waals surface area contributed by atoms with Crippen molar-refractivity contribution in [1.82, 2.24) is 19.1 Å². The number of imidazole rings is 2. The Labute approximate surface area is 312 Å². The molecule has 0 radical (unpaired) electrons. The zero-order valence-electron chi connectivity index (χ0n) is 35.4. The molecule has 2 aromatic heterocycles. The van der Waals surface area contributed by atoms with Crippen LogP contribution in [0, 0.1) is 118 Å². The van der Waals surface area contributed by atoms with E-state index in [1.54, 1.807) is 0 Å². The molecule has 7 rings (SSSR count). The summed E-state index contributed by atoms with van der Waals surface area (Å²) < 4.78 is 4.99. The number of allylic oxidation sites excluding steroid dienone is 2. The van der Waals surface area contributed by atoms with Crippen LogP contribution >= 0.6 is 0 Å². The number of fused-ring (bicyclic) bond motifs is 3. The summed E-state index contributed by atoms with van der Waals surface area (Å²) in [7, 11) is 0. The van der Waals surface area contributed by atoms with Crippen LogP contribution < -0.4 is 0 Å². The Morgan fingerprint density at radius 1 is 0.365 bits per heavy atom. The van der Waals surface area contributed by atoms with Crippen molar-refractivity contribution in [2.24, 2.45) is 0 Å². The van der Waals surface area contributed by atoms with E-state index in [9.17, 15) is 0 Å². The van der Waals surface area contributed by atoms with Crippen LogP contribution in [0.5, 0.6) is 0 Å². The quantitative estimate of drug-likeness (QED) is 0.185. The molecule has 1 aliphatic rings. The number of hydrogen-bond acceptors (Lipinski definition) is 2. The average molecular weight is 691 g/mol. The van der Waals surface area contributed by atoms with Crippen molar-refractivity contribution in [2.75, 3.05) is 0 Å². The van der Waals surface area contributed by atoms with Crippen molar-refractivity contribution in [2.45, 2.75) is 137 Å². The average Bonchev–Trinajstić information content (AvgIpc) is 3.71. The third kappa shape index (κ3) is 4.39. The molecule has 270 valence electrons. The molecule has 0 saturated carbocycles. The third-order valence-corrected chi connectivity index (χ3v) is 14.2. The van der Waals surface area contributed by atoms with Gasteiger partial charge in [0, 0.05) is 5.92 Å². The van der Waals surface area contributed by atoms with Gasteiger partial charge in [-0.25, -0.2) is 9.97 Å². The summed E-state index contributed by atoms with van der Waals surface area (Å²) in [4.78, 5) is 10.7. The van der Waals surface area contributed by atoms with Crippen LogP contribution in [-0.4, -0.2) is 19.1 Å². The minimum Gasteiger partial charge on any atom is -0.296 e. The van der Waals surface area contributed by atoms with Gasteiger partial charge in [-0.2, -0.15) is 0 Å². The maximum absolute atomic E-state index is 5.33. The predicted molar refractivity (Wildman–Crippen MR) is 224 cm³/mol. The Bertz CT molecular complexity index is 2520. The van der Waals surface area contributed by atoms with E-state index in [2.05, 4.69) is 141 Å². The molecule has 6 aromatic rings. The first-order valence-electron chi connectivity index (χ1n) is 19.1. The largest absolute Gasteiger partial charge is 0.296 e. The summed E-state index contributed by atoms with van der Waals surface area (Å²) in [6.07, 6.45) is 0. The minimum absolute atomic E-state index is 0.262. The number of hydrogen-bond donors (Lipinski definition) is 0. The van der Waals surface area contributed by atoms with Gasteiger partial charge in [-0.15, -0.1) is 0 Å². The molecular formula is C48H58N4. The number of aromatic nitrogens is 4. The highest BCUT2D eigenvalue weighted by atomic mass is 15.1. The fourth-order valence-electron chi connectivity index (χ4n) is 10.3. The second kappa shape index (κ2) is 11.8. The lowest BCUT2D eigenvalue weighted by Gasteiger charge is -2.28. The Morgan fingerprint density at radius 2 is 0.731 bits per heavy atom. The monoisotopic (exact) mass is 690 g/mol. The van der Waals surface area contributed by atoms with Crippen LogP contribution in [-0.2, 0) is 0 Å². The fourth-order valence-corrected chi connectivity index (χ4v) is 10.3. The zero-order valence-corrected chi connectivity index (χ0v) is 35.4. The van der Waals surface area contributed by atoms with Crippen molar-refractivity contribution in [3.8, 4) is 11.4 Å². The Balaban J connectivity index is 1.72. The van der Waals surface area contributed by atoms with E-state index in [1.807, 2.05) is 0 Å². The highest BCUT2D eigenvalue weighted by molar-refractivity contribution is 6.03. The van der Waals surface area contributed by atoms with E-state index in [4.69, 9.17) is 9.97 Å². The lowest BCUT2D eigenvalue weighted by Crippen LogP contribution is -2.14. The molecule has 0 fully saturated rings. The smallest absolute Gasteiger partial charge is 0.111 e. The van der Waals surface area contributed by atoms with E-state index in [-0.39, 0.29) is 5.92 Å². The molecule has 0 spiro atoms. The molecule has 1 atom stereocenters. The topological polar surface area (TPSA) is 35.6 Å². The van der Waals surface area contributed by atoms with Crippen molar-refractivity contribution >= 4 is 33.2 Å². The van der Waals surface area contributed by atoms with Crippen LogP contribution in [0.3, 0.4) is 0 Å². The molecule has 4 heteroatoms. The molecule has 4 aromatic carbocycles. The van der Waals surface area contributed by atoms with Crippen LogP contribution in [0.4, 0.5) is 0 Å². The van der Waals surface area contributed by atoms with Gasteiger partial charge in [-0.05, 0) is 236 Å². The van der Waals surface area contributed by atoms with Gasteiger partial charge in [0.1, 0.15) is 11.6 Å². The second-order valence-electron chi connectivity index (χ2n) is 16.4. The van der Waals surface area contributed by atoms with Crippen molar-refractivity contribution < 1.29 is 0 Å². The predicted octanol–water partition coefficient (Wildman–Crippen LogP) is 12.7. The molecular weight excluding hydrogens is 633 g/mol. The highest BCUT2D eigenvalue weighted by Crippen LogP contribution is 2.53. The van der Waals surface area contributed by atoms with Gasteiger partial charge in [0.15, 0.2) is 0 Å². The number of nitrogens with zero attached hydrogens (tertiary/aromatic N) is 4. The normalized spacial score (nSPS) is 14.6. The highest BCUT2D eigenvalue weighted by Gasteiger charge is 2.36. The van der Waals surface area contributed by atoms with Crippen molar-refractivity contribution in [3.63, 3.8) is 0 Å². The Morgan fingerprint density at radius 3 is 1.15 bits per heavy atom. The molecule has 0 N–H and O–H groups in total. The number of benzene rings is 4. The summed E-state index contributed by atoms with van der Waals surface area (Å²) in [5, 5.41) is 0. The van der Waals surface area contributed by atoms with Crippen LogP contribution in [0.2, 0.25) is 0 Å². The molecule has 0 bridgehead atoms. The summed E-state index contributed by atoms with van der Waals surface area (Å²) in [5.74, 6) is 2.31. The summed E-state index contributed by atoms with van der Waals surface area (Å²) in [6.45, 7) is 43.6. The van der Waals surface area contributed by atoms with Gasteiger partial charge in [0.2, 0.25) is 0 Å². The van der Waals surface area contributed by atoms with Crippen molar-refractivity contribution in [3.05, 3.63) is 112 Å². The Hall–Kier alpha value is -4.44. The van der Waals surface area contributed by atoms with Gasteiger partial charge in [0.25, 0.3) is 0 Å². The van der Waals surface area contributed by atoms with E-state index in [1.165, 1.54) is 134 Å². The molecule has 1 unspecified atom stereocenters. The van der Waals surface area contributed by atoms with Crippen LogP contribution in [0.25, 0.3) is 44.6 Å². The van der Waals surface area contributed by atoms with Gasteiger partial charge in [-0.3, -0.25) is 9.13 Å². The van der Waals surface area contributed by atoms with E-state index >= 15 is 0 Å². The SMILES string of the molecule is CC1=C(c2c(C)c(-n3c(C)nc4c(C)c(C)c(C)c(C)c43)c(C)c(-n3c(C)nc4c(C)c(C)c(C)c(C)c43)c2C)C(C)c2c(C)c(C)c(C)c(C)c21. The first-order chi connectivity index (χ1) is 24.3. The van der Waals surface area contributed by atoms with Gasteiger partial charge < -0.3 is 0 Å². The molecule has 2 heterocycles. The van der Waals surface area contributed by atoms with Crippen LogP contribution in [0.1, 0.15) is 132 Å². The first kappa shape index (κ1) is 35.9. The first-order valence-corrected chi connectivity index (χ1v) is 19.1. The lowest BCUT2D eigenvalue weighted by molar-refractivity contribution is 0.926. The van der Waals surface area contributed by atoms with E-state index < -0.39 is 0 Å². The molecule has 0 aliphatic heterocycles. The van der Waals surface area contributed by atoms with E-state index in [0.29, 0.717) is 0 Å². The molecule has 0 amide bonds.